The van der Waals surface area contributed by atoms with Gasteiger partial charge in [-0.2, -0.15) is 0 Å². The summed E-state index contributed by atoms with van der Waals surface area (Å²) < 4.78 is 5.09. The number of piperazine rings is 1. The SMILES string of the molecule is COc1ccc(NC(=O)NCCC(=O)Nc2ccccc2N2CCN(C)CC2)cc1. The van der Waals surface area contributed by atoms with Crippen LogP contribution in [0, 0.1) is 0 Å². The standard InChI is InChI=1S/C22H29N5O3/c1-26-13-15-27(16-14-26)20-6-4-3-5-19(20)25-21(28)11-12-23-22(29)24-17-7-9-18(30-2)10-8-17/h3-10H,11-16H2,1-2H3,(H,25,28)(H2,23,24,29). The second-order valence-corrected chi connectivity index (χ2v) is 7.22. The summed E-state index contributed by atoms with van der Waals surface area (Å²) in [4.78, 5) is 29.0. The molecule has 3 amide bonds. The number of carbonyl (C=O) groups is 2. The molecule has 1 saturated heterocycles. The quantitative estimate of drug-likeness (QED) is 0.652. The second kappa shape index (κ2) is 10.5. The predicted molar refractivity (Wildman–Crippen MR) is 119 cm³/mol. The highest BCUT2D eigenvalue weighted by Gasteiger charge is 2.17. The van der Waals surface area contributed by atoms with Crippen molar-refractivity contribution >= 4 is 29.0 Å². The lowest BCUT2D eigenvalue weighted by Crippen LogP contribution is -2.44. The highest BCUT2D eigenvalue weighted by Crippen LogP contribution is 2.26. The van der Waals surface area contributed by atoms with Crippen LogP contribution in [-0.4, -0.2) is 63.7 Å². The Bertz CT molecular complexity index is 848. The van der Waals surface area contributed by atoms with Gasteiger partial charge in [0.25, 0.3) is 0 Å². The van der Waals surface area contributed by atoms with Gasteiger partial charge in [0.05, 0.1) is 18.5 Å². The molecule has 0 radical (unpaired) electrons. The van der Waals surface area contributed by atoms with Gasteiger partial charge in [0.2, 0.25) is 5.91 Å². The second-order valence-electron chi connectivity index (χ2n) is 7.22. The molecule has 0 aliphatic carbocycles. The van der Waals surface area contributed by atoms with Crippen LogP contribution in [0.1, 0.15) is 6.42 Å². The molecule has 0 spiro atoms. The molecule has 0 unspecified atom stereocenters. The molecule has 1 heterocycles. The summed E-state index contributed by atoms with van der Waals surface area (Å²) in [7, 11) is 3.70. The first-order valence-electron chi connectivity index (χ1n) is 10.1. The number of amides is 3. The van der Waals surface area contributed by atoms with Gasteiger partial charge < -0.3 is 30.5 Å². The molecule has 30 heavy (non-hydrogen) atoms. The zero-order chi connectivity index (χ0) is 21.3. The maximum absolute atomic E-state index is 12.4. The Balaban J connectivity index is 1.45. The van der Waals surface area contributed by atoms with Crippen molar-refractivity contribution in [3.05, 3.63) is 48.5 Å². The van der Waals surface area contributed by atoms with E-state index in [0.717, 1.165) is 43.3 Å². The molecule has 0 saturated carbocycles. The molecule has 1 fully saturated rings. The summed E-state index contributed by atoms with van der Waals surface area (Å²) in [5.74, 6) is 0.579. The minimum atomic E-state index is -0.356. The van der Waals surface area contributed by atoms with E-state index in [1.54, 1.807) is 31.4 Å². The van der Waals surface area contributed by atoms with Crippen LogP contribution < -0.4 is 25.6 Å². The molecule has 0 aromatic heterocycles. The Kier molecular flexibility index (Phi) is 7.51. The minimum Gasteiger partial charge on any atom is -0.497 e. The van der Waals surface area contributed by atoms with E-state index in [4.69, 9.17) is 4.74 Å². The van der Waals surface area contributed by atoms with Crippen molar-refractivity contribution in [2.75, 3.05) is 62.4 Å². The molecule has 1 aliphatic heterocycles. The minimum absolute atomic E-state index is 0.138. The molecule has 0 atom stereocenters. The smallest absolute Gasteiger partial charge is 0.319 e. The molecule has 2 aromatic carbocycles. The van der Waals surface area contributed by atoms with Crippen molar-refractivity contribution in [3.63, 3.8) is 0 Å². The first-order chi connectivity index (χ1) is 14.5. The van der Waals surface area contributed by atoms with Crippen LogP contribution in [0.2, 0.25) is 0 Å². The maximum atomic E-state index is 12.4. The average molecular weight is 412 g/mol. The van der Waals surface area contributed by atoms with E-state index in [9.17, 15) is 9.59 Å². The predicted octanol–water partition coefficient (Wildman–Crippen LogP) is 2.60. The fraction of sp³-hybridized carbons (Fsp3) is 0.364. The summed E-state index contributed by atoms with van der Waals surface area (Å²) in [5.41, 5.74) is 2.48. The van der Waals surface area contributed by atoms with Crippen LogP contribution in [-0.2, 0) is 4.79 Å². The van der Waals surface area contributed by atoms with Gasteiger partial charge in [-0.1, -0.05) is 12.1 Å². The summed E-state index contributed by atoms with van der Waals surface area (Å²) >= 11 is 0. The van der Waals surface area contributed by atoms with Crippen LogP contribution in [0.3, 0.4) is 0 Å². The van der Waals surface area contributed by atoms with Gasteiger partial charge in [-0.25, -0.2) is 4.79 Å². The lowest BCUT2D eigenvalue weighted by Gasteiger charge is -2.35. The normalized spacial score (nSPS) is 14.1. The monoisotopic (exact) mass is 411 g/mol. The first-order valence-corrected chi connectivity index (χ1v) is 10.1. The van der Waals surface area contributed by atoms with Crippen LogP contribution in [0.25, 0.3) is 0 Å². The Morgan fingerprint density at radius 2 is 1.67 bits per heavy atom. The number of rotatable bonds is 7. The van der Waals surface area contributed by atoms with Crippen molar-refractivity contribution in [3.8, 4) is 5.75 Å². The van der Waals surface area contributed by atoms with E-state index in [1.807, 2.05) is 24.3 Å². The number of nitrogens with zero attached hydrogens (tertiary/aromatic N) is 2. The zero-order valence-electron chi connectivity index (χ0n) is 17.5. The zero-order valence-corrected chi connectivity index (χ0v) is 17.5. The van der Waals surface area contributed by atoms with E-state index in [0.29, 0.717) is 5.69 Å². The molecule has 1 aliphatic rings. The van der Waals surface area contributed by atoms with Gasteiger partial charge in [-0.15, -0.1) is 0 Å². The largest absolute Gasteiger partial charge is 0.497 e. The number of para-hydroxylation sites is 2. The summed E-state index contributed by atoms with van der Waals surface area (Å²) in [6, 6.07) is 14.5. The van der Waals surface area contributed by atoms with Crippen molar-refractivity contribution < 1.29 is 14.3 Å². The fourth-order valence-electron chi connectivity index (χ4n) is 3.25. The topological polar surface area (TPSA) is 85.9 Å². The van der Waals surface area contributed by atoms with Crippen LogP contribution in [0.4, 0.5) is 21.9 Å². The number of benzene rings is 2. The van der Waals surface area contributed by atoms with Gasteiger partial charge in [-0.05, 0) is 43.4 Å². The van der Waals surface area contributed by atoms with E-state index < -0.39 is 0 Å². The molecule has 3 rings (SSSR count). The van der Waals surface area contributed by atoms with Gasteiger partial charge in [-0.3, -0.25) is 4.79 Å². The molecular formula is C22H29N5O3. The first kappa shape index (κ1) is 21.4. The molecule has 0 bridgehead atoms. The number of hydrogen-bond acceptors (Lipinski definition) is 5. The van der Waals surface area contributed by atoms with Crippen molar-refractivity contribution in [1.82, 2.24) is 10.2 Å². The maximum Gasteiger partial charge on any atom is 0.319 e. The fourth-order valence-corrected chi connectivity index (χ4v) is 3.25. The number of hydrogen-bond donors (Lipinski definition) is 3. The number of methoxy groups -OCH3 is 1. The summed E-state index contributed by atoms with van der Waals surface area (Å²) in [6.45, 7) is 4.09. The third-order valence-corrected chi connectivity index (χ3v) is 5.01. The Labute approximate surface area is 177 Å². The van der Waals surface area contributed by atoms with Crippen molar-refractivity contribution in [2.45, 2.75) is 6.42 Å². The number of anilines is 3. The summed E-state index contributed by atoms with van der Waals surface area (Å²) in [5, 5.41) is 8.40. The Morgan fingerprint density at radius 1 is 0.967 bits per heavy atom. The lowest BCUT2D eigenvalue weighted by atomic mass is 10.2. The summed E-state index contributed by atoms with van der Waals surface area (Å²) in [6.07, 6.45) is 0.188. The van der Waals surface area contributed by atoms with Gasteiger partial charge in [0.15, 0.2) is 0 Å². The Morgan fingerprint density at radius 3 is 2.37 bits per heavy atom. The van der Waals surface area contributed by atoms with Gasteiger partial charge >= 0.3 is 6.03 Å². The average Bonchev–Trinajstić information content (AvgIpc) is 2.75. The molecule has 8 heteroatoms. The van der Waals surface area contributed by atoms with Gasteiger partial charge in [0.1, 0.15) is 5.75 Å². The van der Waals surface area contributed by atoms with Crippen molar-refractivity contribution in [2.24, 2.45) is 0 Å². The third kappa shape index (κ3) is 6.12. The van der Waals surface area contributed by atoms with Crippen LogP contribution in [0.5, 0.6) is 5.75 Å². The van der Waals surface area contributed by atoms with E-state index in [-0.39, 0.29) is 24.9 Å². The van der Waals surface area contributed by atoms with Gasteiger partial charge in [0, 0.05) is 44.8 Å². The number of nitrogens with one attached hydrogen (secondary N) is 3. The molecule has 8 nitrogen and oxygen atoms in total. The highest BCUT2D eigenvalue weighted by atomic mass is 16.5. The molecule has 3 N–H and O–H groups in total. The third-order valence-electron chi connectivity index (χ3n) is 5.01. The van der Waals surface area contributed by atoms with E-state index in [2.05, 4.69) is 32.8 Å². The molecule has 2 aromatic rings. The molecule has 160 valence electrons. The van der Waals surface area contributed by atoms with E-state index in [1.165, 1.54) is 0 Å². The Hall–Kier alpha value is -3.26. The van der Waals surface area contributed by atoms with Crippen LogP contribution >= 0.6 is 0 Å². The molecular weight excluding hydrogens is 382 g/mol. The number of ether oxygens (including phenoxy) is 1. The highest BCUT2D eigenvalue weighted by molar-refractivity contribution is 5.95. The number of urea groups is 1. The van der Waals surface area contributed by atoms with Crippen LogP contribution in [0.15, 0.2) is 48.5 Å². The lowest BCUT2D eigenvalue weighted by molar-refractivity contribution is -0.116. The van der Waals surface area contributed by atoms with Crippen molar-refractivity contribution in [1.29, 1.82) is 0 Å². The van der Waals surface area contributed by atoms with E-state index >= 15 is 0 Å². The number of likely N-dealkylation sites (N-methyl/N-ethyl adjacent to an activating group) is 1. The number of carbonyl (C=O) groups excluding carboxylic acids is 2.